The molecule has 1 fully saturated rings. The molecule has 2 rings (SSSR count). The van der Waals surface area contributed by atoms with E-state index in [9.17, 15) is 13.2 Å². The van der Waals surface area contributed by atoms with E-state index in [0.29, 0.717) is 38.3 Å². The van der Waals surface area contributed by atoms with Gasteiger partial charge in [-0.25, -0.2) is 13.1 Å². The average Bonchev–Trinajstić information content (AvgIpc) is 2.62. The van der Waals surface area contributed by atoms with Crippen LogP contribution in [0.4, 0.5) is 0 Å². The van der Waals surface area contributed by atoms with E-state index in [1.165, 1.54) is 12.1 Å². The van der Waals surface area contributed by atoms with Gasteiger partial charge in [0.15, 0.2) is 0 Å². The van der Waals surface area contributed by atoms with Crippen molar-refractivity contribution in [2.75, 3.05) is 32.8 Å². The Balaban J connectivity index is 0.00000364. The third-order valence-electron chi connectivity index (χ3n) is 4.52. The lowest BCUT2D eigenvalue weighted by Crippen LogP contribution is -2.41. The Morgan fingerprint density at radius 2 is 2.00 bits per heavy atom. The van der Waals surface area contributed by atoms with E-state index in [2.05, 4.69) is 4.72 Å². The number of sulfonamides is 1. The minimum absolute atomic E-state index is 0. The van der Waals surface area contributed by atoms with E-state index < -0.39 is 10.0 Å². The van der Waals surface area contributed by atoms with E-state index in [1.54, 1.807) is 17.9 Å². The third kappa shape index (κ3) is 6.43. The zero-order chi connectivity index (χ0) is 19.2. The van der Waals surface area contributed by atoms with Crippen molar-refractivity contribution in [2.45, 2.75) is 44.1 Å². The van der Waals surface area contributed by atoms with Crippen LogP contribution < -0.4 is 10.5 Å². The number of hydrogen-bond acceptors (Lipinski definition) is 5. The Labute approximate surface area is 168 Å². The summed E-state index contributed by atoms with van der Waals surface area (Å²) in [6, 6.07) is 4.68. The van der Waals surface area contributed by atoms with Crippen molar-refractivity contribution in [2.24, 2.45) is 5.73 Å². The molecule has 1 heterocycles. The molecular formula is C18H30ClN3O4S. The summed E-state index contributed by atoms with van der Waals surface area (Å²) < 4.78 is 32.6. The summed E-state index contributed by atoms with van der Waals surface area (Å²) in [5.41, 5.74) is 6.67. The summed E-state index contributed by atoms with van der Waals surface area (Å²) in [5, 5.41) is 0. The van der Waals surface area contributed by atoms with Crippen LogP contribution in [0.25, 0.3) is 0 Å². The maximum absolute atomic E-state index is 12.9. The van der Waals surface area contributed by atoms with Crippen molar-refractivity contribution in [3.05, 3.63) is 29.3 Å². The normalized spacial score (nSPS) is 15.4. The lowest BCUT2D eigenvalue weighted by atomic mass is 10.0. The number of benzene rings is 1. The number of ether oxygens (including phenoxy) is 1. The molecule has 0 bridgehead atoms. The Bertz CT molecular complexity index is 719. The van der Waals surface area contributed by atoms with Crippen molar-refractivity contribution < 1.29 is 17.9 Å². The average molecular weight is 420 g/mol. The van der Waals surface area contributed by atoms with Crippen molar-refractivity contribution in [3.8, 4) is 0 Å². The SMILES string of the molecule is CCNS(=O)(=O)c1ccc(C)c(C(=O)N2CCC(OCCCN)CC2)c1.Cl. The van der Waals surface area contributed by atoms with Crippen LogP contribution in [0.15, 0.2) is 23.1 Å². The number of halogens is 1. The molecule has 1 aromatic carbocycles. The van der Waals surface area contributed by atoms with Crippen LogP contribution in [0.3, 0.4) is 0 Å². The number of amides is 1. The van der Waals surface area contributed by atoms with Crippen molar-refractivity contribution in [1.82, 2.24) is 9.62 Å². The number of nitrogens with one attached hydrogen (secondary N) is 1. The van der Waals surface area contributed by atoms with E-state index in [4.69, 9.17) is 10.5 Å². The second-order valence-electron chi connectivity index (χ2n) is 6.48. The Morgan fingerprint density at radius 3 is 2.59 bits per heavy atom. The van der Waals surface area contributed by atoms with Crippen LogP contribution in [0.5, 0.6) is 0 Å². The van der Waals surface area contributed by atoms with E-state index in [1.807, 2.05) is 6.92 Å². The summed E-state index contributed by atoms with van der Waals surface area (Å²) in [5.74, 6) is -0.128. The minimum atomic E-state index is -3.59. The molecule has 0 unspecified atom stereocenters. The minimum Gasteiger partial charge on any atom is -0.378 e. The molecule has 9 heteroatoms. The van der Waals surface area contributed by atoms with Crippen LogP contribution in [0.2, 0.25) is 0 Å². The van der Waals surface area contributed by atoms with Crippen molar-refractivity contribution in [1.29, 1.82) is 0 Å². The van der Waals surface area contributed by atoms with Gasteiger partial charge in [-0.05, 0) is 50.4 Å². The summed E-state index contributed by atoms with van der Waals surface area (Å²) in [7, 11) is -3.59. The monoisotopic (exact) mass is 419 g/mol. The van der Waals surface area contributed by atoms with Crippen molar-refractivity contribution >= 4 is 28.3 Å². The number of rotatable bonds is 8. The van der Waals surface area contributed by atoms with Gasteiger partial charge >= 0.3 is 0 Å². The Kier molecular flexibility index (Phi) is 9.69. The third-order valence-corrected chi connectivity index (χ3v) is 6.06. The molecule has 3 N–H and O–H groups in total. The first-order chi connectivity index (χ1) is 12.4. The molecule has 0 radical (unpaired) electrons. The number of piperidine rings is 1. The molecular weight excluding hydrogens is 390 g/mol. The van der Waals surface area contributed by atoms with Gasteiger partial charge in [-0.15, -0.1) is 12.4 Å². The fourth-order valence-corrected chi connectivity index (χ4v) is 4.07. The van der Waals surface area contributed by atoms with Gasteiger partial charge in [0.2, 0.25) is 10.0 Å². The lowest BCUT2D eigenvalue weighted by molar-refractivity contribution is 0.00842. The number of carbonyl (C=O) groups is 1. The molecule has 0 saturated carbocycles. The van der Waals surface area contributed by atoms with Gasteiger partial charge in [0.1, 0.15) is 0 Å². The molecule has 0 spiro atoms. The van der Waals surface area contributed by atoms with Crippen LogP contribution in [-0.4, -0.2) is 58.1 Å². The largest absolute Gasteiger partial charge is 0.378 e. The predicted molar refractivity (Wildman–Crippen MR) is 108 cm³/mol. The standard InChI is InChI=1S/C18H29N3O4S.ClH/c1-3-20-26(23,24)16-6-5-14(2)17(13-16)18(22)21-10-7-15(8-11-21)25-12-4-9-19;/h5-6,13,15,20H,3-4,7-12,19H2,1-2H3;1H. The molecule has 27 heavy (non-hydrogen) atoms. The number of likely N-dealkylation sites (tertiary alicyclic amines) is 1. The molecule has 0 aromatic heterocycles. The van der Waals surface area contributed by atoms with E-state index in [0.717, 1.165) is 24.8 Å². The summed E-state index contributed by atoms with van der Waals surface area (Å²) in [6.45, 7) is 6.32. The summed E-state index contributed by atoms with van der Waals surface area (Å²) >= 11 is 0. The highest BCUT2D eigenvalue weighted by Gasteiger charge is 2.26. The van der Waals surface area contributed by atoms with Crippen LogP contribution in [0.1, 0.15) is 42.1 Å². The number of nitrogens with two attached hydrogens (primary N) is 1. The highest BCUT2D eigenvalue weighted by molar-refractivity contribution is 7.89. The molecule has 7 nitrogen and oxygen atoms in total. The van der Waals surface area contributed by atoms with Gasteiger partial charge in [-0.2, -0.15) is 0 Å². The molecule has 1 aromatic rings. The van der Waals surface area contributed by atoms with Gasteiger partial charge in [0.25, 0.3) is 5.91 Å². The van der Waals surface area contributed by atoms with Crippen molar-refractivity contribution in [3.63, 3.8) is 0 Å². The smallest absolute Gasteiger partial charge is 0.254 e. The molecule has 1 aliphatic heterocycles. The fraction of sp³-hybridized carbons (Fsp3) is 0.611. The molecule has 0 aliphatic carbocycles. The quantitative estimate of drug-likeness (QED) is 0.624. The first-order valence-electron chi connectivity index (χ1n) is 9.10. The number of carbonyl (C=O) groups excluding carboxylic acids is 1. The van der Waals surface area contributed by atoms with Gasteiger partial charge in [-0.1, -0.05) is 13.0 Å². The van der Waals surface area contributed by atoms with E-state index >= 15 is 0 Å². The molecule has 1 amide bonds. The first-order valence-corrected chi connectivity index (χ1v) is 10.6. The van der Waals surface area contributed by atoms with Gasteiger partial charge < -0.3 is 15.4 Å². The second kappa shape index (κ2) is 11.0. The number of nitrogens with zero attached hydrogens (tertiary/aromatic N) is 1. The van der Waals surface area contributed by atoms with Crippen LogP contribution in [-0.2, 0) is 14.8 Å². The van der Waals surface area contributed by atoms with Crippen LogP contribution >= 0.6 is 12.4 Å². The topological polar surface area (TPSA) is 102 Å². The summed E-state index contributed by atoms with van der Waals surface area (Å²) in [6.07, 6.45) is 2.56. The van der Waals surface area contributed by atoms with Crippen LogP contribution in [0, 0.1) is 6.92 Å². The predicted octanol–water partition coefficient (Wildman–Crippen LogP) is 1.69. The fourth-order valence-electron chi connectivity index (χ4n) is 3.00. The van der Waals surface area contributed by atoms with Gasteiger partial charge in [0.05, 0.1) is 11.0 Å². The maximum Gasteiger partial charge on any atom is 0.254 e. The molecule has 154 valence electrons. The zero-order valence-electron chi connectivity index (χ0n) is 15.9. The number of hydrogen-bond donors (Lipinski definition) is 2. The lowest BCUT2D eigenvalue weighted by Gasteiger charge is -2.32. The number of aryl methyl sites for hydroxylation is 1. The van der Waals surface area contributed by atoms with E-state index in [-0.39, 0.29) is 29.3 Å². The first kappa shape index (κ1) is 23.8. The molecule has 0 atom stereocenters. The van der Waals surface area contributed by atoms with Gasteiger partial charge in [0, 0.05) is 31.8 Å². The molecule has 1 saturated heterocycles. The molecule has 1 aliphatic rings. The maximum atomic E-state index is 12.9. The van der Waals surface area contributed by atoms with Gasteiger partial charge in [-0.3, -0.25) is 4.79 Å². The second-order valence-corrected chi connectivity index (χ2v) is 8.25. The summed E-state index contributed by atoms with van der Waals surface area (Å²) in [4.78, 5) is 14.8. The highest BCUT2D eigenvalue weighted by Crippen LogP contribution is 2.21. The Morgan fingerprint density at radius 1 is 1.33 bits per heavy atom. The Hall–Kier alpha value is -1.19. The zero-order valence-corrected chi connectivity index (χ0v) is 17.6. The highest BCUT2D eigenvalue weighted by atomic mass is 35.5.